The molecular formula is C40H41F5O. The van der Waals surface area contributed by atoms with Crippen LogP contribution in [0.15, 0.2) is 84.9 Å². The van der Waals surface area contributed by atoms with Crippen molar-refractivity contribution in [3.63, 3.8) is 0 Å². The third-order valence-electron chi connectivity index (χ3n) is 8.94. The van der Waals surface area contributed by atoms with E-state index in [0.29, 0.717) is 42.4 Å². The molecule has 4 aromatic carbocycles. The fraction of sp³-hybridized carbons (Fsp3) is 0.350. The van der Waals surface area contributed by atoms with E-state index < -0.39 is 29.7 Å². The molecule has 0 heterocycles. The monoisotopic (exact) mass is 632 g/mol. The van der Waals surface area contributed by atoms with Crippen molar-refractivity contribution in [3.8, 4) is 22.3 Å². The summed E-state index contributed by atoms with van der Waals surface area (Å²) in [4.78, 5) is 0. The minimum atomic E-state index is -3.37. The van der Waals surface area contributed by atoms with Gasteiger partial charge in [0.15, 0.2) is 0 Å². The van der Waals surface area contributed by atoms with Crippen LogP contribution in [-0.2, 0) is 17.3 Å². The van der Waals surface area contributed by atoms with Crippen LogP contribution in [0.3, 0.4) is 0 Å². The Morgan fingerprint density at radius 2 is 1.35 bits per heavy atom. The van der Waals surface area contributed by atoms with Crippen LogP contribution in [0.2, 0.25) is 0 Å². The second-order valence-electron chi connectivity index (χ2n) is 12.2. The Labute approximate surface area is 269 Å². The van der Waals surface area contributed by atoms with Crippen molar-refractivity contribution in [1.29, 1.82) is 0 Å². The van der Waals surface area contributed by atoms with Crippen LogP contribution in [0.25, 0.3) is 28.3 Å². The van der Waals surface area contributed by atoms with Crippen LogP contribution in [0, 0.1) is 17.5 Å². The first-order valence-electron chi connectivity index (χ1n) is 16.4. The molecule has 0 aliphatic heterocycles. The molecule has 0 spiro atoms. The Morgan fingerprint density at radius 3 is 1.96 bits per heavy atom. The second kappa shape index (κ2) is 15.2. The molecule has 1 fully saturated rings. The quantitative estimate of drug-likeness (QED) is 0.112. The molecule has 6 heteroatoms. The van der Waals surface area contributed by atoms with Gasteiger partial charge < -0.3 is 4.74 Å². The Morgan fingerprint density at radius 1 is 0.717 bits per heavy atom. The standard InChI is InChI=1S/C40H41F5O/c1-3-5-7-8-27-10-18-33(19-11-27)40(44,45)46-34-20-14-28(15-21-34)30-16-22-35(38(42)24-30)32-17-23-36(39(43)26-32)31-13-12-29(9-6-4-2)37(41)25-31/h6,9-13,16-19,22-26,28,34H,3-5,7-8,14-15,20-21H2,1-2H3/b9-6+. The van der Waals surface area contributed by atoms with Gasteiger partial charge in [0.1, 0.15) is 17.5 Å². The fourth-order valence-electron chi connectivity index (χ4n) is 6.25. The Hall–Kier alpha value is -3.77. The SMILES string of the molecule is CC/C=C/c1ccc(-c2ccc(-c3ccc(C4CCC(OC(F)(F)c5ccc(CCCCC)cc5)CC4)cc3F)cc2F)cc1F. The third kappa shape index (κ3) is 8.14. The smallest absolute Gasteiger partial charge is 0.313 e. The van der Waals surface area contributed by atoms with Gasteiger partial charge in [0.25, 0.3) is 0 Å². The molecule has 5 rings (SSSR count). The lowest BCUT2D eigenvalue weighted by Gasteiger charge is -2.31. The number of benzene rings is 4. The summed E-state index contributed by atoms with van der Waals surface area (Å²) in [5.74, 6) is -1.48. The van der Waals surface area contributed by atoms with Crippen molar-refractivity contribution in [1.82, 2.24) is 0 Å². The van der Waals surface area contributed by atoms with Gasteiger partial charge in [-0.25, -0.2) is 13.2 Å². The number of halogens is 5. The molecule has 0 aromatic heterocycles. The molecule has 0 bridgehead atoms. The maximum atomic E-state index is 15.3. The minimum absolute atomic E-state index is 0.0172. The molecule has 1 aliphatic carbocycles. The highest BCUT2D eigenvalue weighted by Crippen LogP contribution is 2.40. The van der Waals surface area contributed by atoms with Crippen LogP contribution < -0.4 is 0 Å². The molecule has 0 unspecified atom stereocenters. The first kappa shape index (κ1) is 33.6. The molecule has 242 valence electrons. The van der Waals surface area contributed by atoms with Gasteiger partial charge in [0.2, 0.25) is 0 Å². The lowest BCUT2D eigenvalue weighted by molar-refractivity contribution is -0.277. The van der Waals surface area contributed by atoms with E-state index in [-0.39, 0.29) is 22.6 Å². The lowest BCUT2D eigenvalue weighted by Crippen LogP contribution is -2.29. The number of hydrogen-bond acceptors (Lipinski definition) is 1. The van der Waals surface area contributed by atoms with E-state index in [1.54, 1.807) is 42.5 Å². The Balaban J connectivity index is 1.20. The van der Waals surface area contributed by atoms with Crippen LogP contribution in [0.4, 0.5) is 22.0 Å². The largest absolute Gasteiger partial charge is 0.383 e. The predicted octanol–water partition coefficient (Wildman–Crippen LogP) is 12.4. The van der Waals surface area contributed by atoms with E-state index in [4.69, 9.17) is 4.74 Å². The molecule has 0 N–H and O–H groups in total. The minimum Gasteiger partial charge on any atom is -0.313 e. The Kier molecular flexibility index (Phi) is 11.1. The summed E-state index contributed by atoms with van der Waals surface area (Å²) >= 11 is 0. The van der Waals surface area contributed by atoms with Gasteiger partial charge in [-0.3, -0.25) is 0 Å². The van der Waals surface area contributed by atoms with Crippen molar-refractivity contribution < 1.29 is 26.7 Å². The summed E-state index contributed by atoms with van der Waals surface area (Å²) in [6.07, 6.45) is 6.61. The van der Waals surface area contributed by atoms with Crippen molar-refractivity contribution in [2.75, 3.05) is 0 Å². The van der Waals surface area contributed by atoms with E-state index >= 15 is 8.78 Å². The van der Waals surface area contributed by atoms with E-state index in [1.807, 2.05) is 19.1 Å². The second-order valence-corrected chi connectivity index (χ2v) is 12.2. The zero-order valence-corrected chi connectivity index (χ0v) is 26.5. The summed E-state index contributed by atoms with van der Waals surface area (Å²) in [5, 5.41) is 0. The first-order valence-corrected chi connectivity index (χ1v) is 16.4. The van der Waals surface area contributed by atoms with Crippen molar-refractivity contribution in [2.24, 2.45) is 0 Å². The van der Waals surface area contributed by atoms with Gasteiger partial charge in [0, 0.05) is 16.7 Å². The van der Waals surface area contributed by atoms with Gasteiger partial charge in [0.05, 0.1) is 11.7 Å². The van der Waals surface area contributed by atoms with E-state index in [2.05, 4.69) is 6.92 Å². The summed E-state index contributed by atoms with van der Waals surface area (Å²) < 4.78 is 80.3. The van der Waals surface area contributed by atoms with Crippen LogP contribution in [0.5, 0.6) is 0 Å². The van der Waals surface area contributed by atoms with Gasteiger partial charge in [-0.1, -0.05) is 99.5 Å². The number of aryl methyl sites for hydroxylation is 1. The first-order chi connectivity index (χ1) is 22.2. The maximum absolute atomic E-state index is 15.3. The lowest BCUT2D eigenvalue weighted by atomic mass is 9.82. The van der Waals surface area contributed by atoms with Gasteiger partial charge in [-0.2, -0.15) is 8.78 Å². The molecule has 0 saturated heterocycles. The highest BCUT2D eigenvalue weighted by atomic mass is 19.3. The summed E-state index contributed by atoms with van der Waals surface area (Å²) in [7, 11) is 0. The number of allylic oxidation sites excluding steroid dienone is 1. The predicted molar refractivity (Wildman–Crippen MR) is 176 cm³/mol. The topological polar surface area (TPSA) is 9.23 Å². The average Bonchev–Trinajstić information content (AvgIpc) is 3.05. The van der Waals surface area contributed by atoms with E-state index in [9.17, 15) is 13.2 Å². The fourth-order valence-corrected chi connectivity index (χ4v) is 6.25. The molecule has 0 atom stereocenters. The molecule has 0 amide bonds. The summed E-state index contributed by atoms with van der Waals surface area (Å²) in [5.41, 5.74) is 3.40. The van der Waals surface area contributed by atoms with Gasteiger partial charge in [-0.15, -0.1) is 0 Å². The average molecular weight is 633 g/mol. The van der Waals surface area contributed by atoms with Crippen LogP contribution in [-0.4, -0.2) is 6.10 Å². The van der Waals surface area contributed by atoms with Gasteiger partial charge >= 0.3 is 6.11 Å². The molecule has 0 radical (unpaired) electrons. The van der Waals surface area contributed by atoms with Crippen LogP contribution in [0.1, 0.15) is 93.4 Å². The molecule has 4 aromatic rings. The third-order valence-corrected chi connectivity index (χ3v) is 8.94. The molecule has 46 heavy (non-hydrogen) atoms. The molecule has 1 aliphatic rings. The normalized spacial score (nSPS) is 17.1. The number of alkyl halides is 2. The van der Waals surface area contributed by atoms with E-state index in [1.165, 1.54) is 36.4 Å². The maximum Gasteiger partial charge on any atom is 0.383 e. The highest BCUT2D eigenvalue weighted by molar-refractivity contribution is 5.72. The van der Waals surface area contributed by atoms with Gasteiger partial charge in [-0.05, 0) is 91.3 Å². The molecule has 1 nitrogen and oxygen atoms in total. The van der Waals surface area contributed by atoms with Crippen LogP contribution >= 0.6 is 0 Å². The van der Waals surface area contributed by atoms with Crippen molar-refractivity contribution in [2.45, 2.75) is 89.8 Å². The van der Waals surface area contributed by atoms with Crippen molar-refractivity contribution in [3.05, 3.63) is 125 Å². The van der Waals surface area contributed by atoms with E-state index in [0.717, 1.165) is 43.2 Å². The number of rotatable bonds is 12. The molecule has 1 saturated carbocycles. The number of ether oxygens (including phenoxy) is 1. The number of unbranched alkanes of at least 4 members (excludes halogenated alkanes) is 2. The zero-order chi connectivity index (χ0) is 32.7. The zero-order valence-electron chi connectivity index (χ0n) is 26.5. The highest BCUT2D eigenvalue weighted by Gasteiger charge is 2.37. The molecular weight excluding hydrogens is 591 g/mol. The number of hydrogen-bond donors (Lipinski definition) is 0. The van der Waals surface area contributed by atoms with Crippen molar-refractivity contribution >= 4 is 6.08 Å². The summed E-state index contributed by atoms with van der Waals surface area (Å²) in [6, 6.07) is 20.4. The Bertz CT molecular complexity index is 1630. The summed E-state index contributed by atoms with van der Waals surface area (Å²) in [6.45, 7) is 4.09.